The van der Waals surface area contributed by atoms with Crippen molar-refractivity contribution in [1.82, 2.24) is 0 Å². The zero-order valence-electron chi connectivity index (χ0n) is 8.67. The molecule has 3 rings (SSSR count). The zero-order chi connectivity index (χ0) is 11.1. The quantitative estimate of drug-likeness (QED) is 0.727. The molecule has 1 saturated heterocycles. The van der Waals surface area contributed by atoms with Crippen LogP contribution in [0.1, 0.15) is 0 Å². The topological polar surface area (TPSA) is 24.5 Å². The first-order chi connectivity index (χ1) is 7.75. The number of ether oxygens (including phenoxy) is 1. The summed E-state index contributed by atoms with van der Waals surface area (Å²) >= 11 is 0. The molecule has 2 aliphatic rings. The van der Waals surface area contributed by atoms with Gasteiger partial charge in [-0.25, -0.2) is 8.78 Å². The van der Waals surface area contributed by atoms with Crippen LogP contribution < -0.4 is 10.2 Å². The number of benzene rings is 1. The third kappa shape index (κ3) is 1.43. The highest BCUT2D eigenvalue weighted by molar-refractivity contribution is 5.73. The van der Waals surface area contributed by atoms with Crippen LogP contribution in [0.25, 0.3) is 0 Å². The summed E-state index contributed by atoms with van der Waals surface area (Å²) in [5.74, 6) is -1.06. The van der Waals surface area contributed by atoms with Crippen molar-refractivity contribution in [2.24, 2.45) is 0 Å². The molecule has 0 aromatic heterocycles. The van der Waals surface area contributed by atoms with Gasteiger partial charge in [-0.3, -0.25) is 0 Å². The van der Waals surface area contributed by atoms with Crippen LogP contribution in [-0.4, -0.2) is 32.3 Å². The Morgan fingerprint density at radius 2 is 2.25 bits per heavy atom. The predicted molar refractivity (Wildman–Crippen MR) is 56.8 cm³/mol. The highest BCUT2D eigenvalue weighted by Gasteiger charge is 2.30. The number of anilines is 2. The van der Waals surface area contributed by atoms with Crippen molar-refractivity contribution in [3.8, 4) is 0 Å². The number of nitrogens with one attached hydrogen (secondary N) is 1. The van der Waals surface area contributed by atoms with Crippen LogP contribution in [0.15, 0.2) is 12.1 Å². The Bertz CT molecular complexity index is 425. The van der Waals surface area contributed by atoms with E-state index in [1.54, 1.807) is 0 Å². The van der Waals surface area contributed by atoms with Gasteiger partial charge in [0.05, 0.1) is 30.6 Å². The van der Waals surface area contributed by atoms with Gasteiger partial charge in [0.1, 0.15) is 5.82 Å². The zero-order valence-corrected chi connectivity index (χ0v) is 8.67. The molecule has 0 radical (unpaired) electrons. The number of fused-ring (bicyclic) bond motifs is 3. The van der Waals surface area contributed by atoms with Crippen molar-refractivity contribution >= 4 is 11.4 Å². The number of morpholine rings is 1. The molecule has 16 heavy (non-hydrogen) atoms. The lowest BCUT2D eigenvalue weighted by molar-refractivity contribution is 0.0963. The Morgan fingerprint density at radius 3 is 3.12 bits per heavy atom. The van der Waals surface area contributed by atoms with Gasteiger partial charge < -0.3 is 15.0 Å². The molecule has 1 aromatic carbocycles. The third-order valence-corrected chi connectivity index (χ3v) is 3.09. The Morgan fingerprint density at radius 1 is 1.38 bits per heavy atom. The van der Waals surface area contributed by atoms with Crippen LogP contribution in [0, 0.1) is 11.6 Å². The molecule has 1 unspecified atom stereocenters. The summed E-state index contributed by atoms with van der Waals surface area (Å²) < 4.78 is 32.1. The monoisotopic (exact) mass is 226 g/mol. The van der Waals surface area contributed by atoms with Gasteiger partial charge in [-0.05, 0) is 6.07 Å². The number of nitrogens with zero attached hydrogens (tertiary/aromatic N) is 1. The molecule has 1 atom stereocenters. The molecular weight excluding hydrogens is 214 g/mol. The molecule has 0 spiro atoms. The lowest BCUT2D eigenvalue weighted by Crippen LogP contribution is -2.52. The van der Waals surface area contributed by atoms with Gasteiger partial charge in [-0.2, -0.15) is 0 Å². The standard InChI is InChI=1S/C11H12F2N2O/c12-7-3-9(13)11-10(4-7)15-1-2-16-6-8(15)5-14-11/h3-4,8,14H,1-2,5-6H2. The van der Waals surface area contributed by atoms with E-state index in [0.29, 0.717) is 37.7 Å². The fourth-order valence-electron chi connectivity index (χ4n) is 2.32. The summed E-state index contributed by atoms with van der Waals surface area (Å²) in [4.78, 5) is 2.02. The van der Waals surface area contributed by atoms with Crippen molar-refractivity contribution in [3.05, 3.63) is 23.8 Å². The molecule has 1 aromatic rings. The molecule has 86 valence electrons. The molecule has 1 N–H and O–H groups in total. The molecule has 2 heterocycles. The SMILES string of the molecule is Fc1cc(F)c2c(c1)N1CCOCC1CN2. The Labute approximate surface area is 92.0 Å². The van der Waals surface area contributed by atoms with Gasteiger partial charge >= 0.3 is 0 Å². The maximum atomic E-state index is 13.5. The maximum absolute atomic E-state index is 13.5. The minimum absolute atomic E-state index is 0.169. The fourth-order valence-corrected chi connectivity index (χ4v) is 2.32. The number of rotatable bonds is 0. The van der Waals surface area contributed by atoms with Crippen molar-refractivity contribution < 1.29 is 13.5 Å². The van der Waals surface area contributed by atoms with Gasteiger partial charge in [-0.15, -0.1) is 0 Å². The molecule has 0 saturated carbocycles. The highest BCUT2D eigenvalue weighted by atomic mass is 19.1. The average Bonchev–Trinajstić information content (AvgIpc) is 2.28. The van der Waals surface area contributed by atoms with E-state index in [4.69, 9.17) is 4.74 Å². The largest absolute Gasteiger partial charge is 0.379 e. The molecular formula is C11H12F2N2O. The van der Waals surface area contributed by atoms with Crippen molar-refractivity contribution in [1.29, 1.82) is 0 Å². The van der Waals surface area contributed by atoms with E-state index >= 15 is 0 Å². The molecule has 0 aliphatic carbocycles. The Balaban J connectivity index is 2.06. The molecule has 0 bridgehead atoms. The van der Waals surface area contributed by atoms with E-state index in [0.717, 1.165) is 6.07 Å². The van der Waals surface area contributed by atoms with Gasteiger partial charge in [0.2, 0.25) is 0 Å². The van der Waals surface area contributed by atoms with E-state index in [9.17, 15) is 8.78 Å². The van der Waals surface area contributed by atoms with E-state index < -0.39 is 11.6 Å². The van der Waals surface area contributed by atoms with E-state index in [-0.39, 0.29) is 6.04 Å². The van der Waals surface area contributed by atoms with Crippen LogP contribution in [-0.2, 0) is 4.74 Å². The summed E-state index contributed by atoms with van der Waals surface area (Å²) in [6.45, 7) is 2.52. The molecule has 5 heteroatoms. The maximum Gasteiger partial charge on any atom is 0.151 e. The summed E-state index contributed by atoms with van der Waals surface area (Å²) in [6, 6.07) is 2.46. The smallest absolute Gasteiger partial charge is 0.151 e. The number of halogens is 2. The molecule has 0 amide bonds. The first-order valence-corrected chi connectivity index (χ1v) is 5.33. The van der Waals surface area contributed by atoms with E-state index in [1.165, 1.54) is 6.07 Å². The summed E-state index contributed by atoms with van der Waals surface area (Å²) in [7, 11) is 0. The fraction of sp³-hybridized carbons (Fsp3) is 0.455. The van der Waals surface area contributed by atoms with Crippen molar-refractivity contribution in [2.45, 2.75) is 6.04 Å². The van der Waals surface area contributed by atoms with Crippen LogP contribution in [0.4, 0.5) is 20.2 Å². The van der Waals surface area contributed by atoms with Crippen molar-refractivity contribution in [3.63, 3.8) is 0 Å². The second-order valence-electron chi connectivity index (χ2n) is 4.08. The summed E-state index contributed by atoms with van der Waals surface area (Å²) in [5, 5.41) is 2.99. The number of hydrogen-bond acceptors (Lipinski definition) is 3. The first-order valence-electron chi connectivity index (χ1n) is 5.33. The van der Waals surface area contributed by atoms with Crippen LogP contribution in [0.5, 0.6) is 0 Å². The van der Waals surface area contributed by atoms with Crippen LogP contribution in [0.3, 0.4) is 0 Å². The Kier molecular flexibility index (Phi) is 2.21. The van der Waals surface area contributed by atoms with E-state index in [2.05, 4.69) is 5.32 Å². The van der Waals surface area contributed by atoms with Crippen LogP contribution >= 0.6 is 0 Å². The van der Waals surface area contributed by atoms with Gasteiger partial charge in [0.15, 0.2) is 5.82 Å². The minimum Gasteiger partial charge on any atom is -0.379 e. The van der Waals surface area contributed by atoms with Crippen LogP contribution in [0.2, 0.25) is 0 Å². The lowest BCUT2D eigenvalue weighted by atomic mass is 10.1. The minimum atomic E-state index is -0.537. The second-order valence-corrected chi connectivity index (χ2v) is 4.08. The van der Waals surface area contributed by atoms with E-state index in [1.807, 2.05) is 4.90 Å². The summed E-state index contributed by atoms with van der Waals surface area (Å²) in [6.07, 6.45) is 0. The number of hydrogen-bond donors (Lipinski definition) is 1. The third-order valence-electron chi connectivity index (χ3n) is 3.09. The average molecular weight is 226 g/mol. The highest BCUT2D eigenvalue weighted by Crippen LogP contribution is 2.35. The van der Waals surface area contributed by atoms with Gasteiger partial charge in [0.25, 0.3) is 0 Å². The summed E-state index contributed by atoms with van der Waals surface area (Å²) in [5.41, 5.74) is 1.01. The van der Waals surface area contributed by atoms with Gasteiger partial charge in [-0.1, -0.05) is 0 Å². The predicted octanol–water partition coefficient (Wildman–Crippen LogP) is 1.60. The van der Waals surface area contributed by atoms with Gasteiger partial charge in [0, 0.05) is 19.2 Å². The van der Waals surface area contributed by atoms with Crippen molar-refractivity contribution in [2.75, 3.05) is 36.5 Å². The normalized spacial score (nSPS) is 23.4. The molecule has 3 nitrogen and oxygen atoms in total. The molecule has 2 aliphatic heterocycles. The second kappa shape index (κ2) is 3.59. The Hall–Kier alpha value is -1.36. The lowest BCUT2D eigenvalue weighted by Gasteiger charge is -2.42. The molecule has 1 fully saturated rings. The first kappa shape index (κ1) is 9.84.